The van der Waals surface area contributed by atoms with Crippen molar-refractivity contribution in [1.82, 2.24) is 0 Å². The van der Waals surface area contributed by atoms with Gasteiger partial charge in [-0.3, -0.25) is 0 Å². The Labute approximate surface area is 197 Å². The first-order valence-corrected chi connectivity index (χ1v) is 10.7. The van der Waals surface area contributed by atoms with Gasteiger partial charge in [-0.1, -0.05) is 78.9 Å². The Hall–Kier alpha value is -3.94. The quantitative estimate of drug-likeness (QED) is 0.447. The van der Waals surface area contributed by atoms with Crippen molar-refractivity contribution in [2.75, 3.05) is 32.5 Å². The normalized spacial score (nSPS) is 14.0. The number of methoxy groups -OCH3 is 2. The Kier molecular flexibility index (Phi) is 6.77. The first-order chi connectivity index (χ1) is 16.5. The van der Waals surface area contributed by atoms with Gasteiger partial charge < -0.3 is 24.2 Å². The van der Waals surface area contributed by atoms with Gasteiger partial charge in [0.25, 0.3) is 0 Å². The molecule has 0 aliphatic carbocycles. The SMILES string of the molecule is COC(=O)C1=C(C(=O)OC)N(c2ccccc2C(O)(c2ccccc2)c2ccccc2)COC1. The van der Waals surface area contributed by atoms with E-state index in [0.29, 0.717) is 22.4 Å². The fraction of sp³-hybridized carbons (Fsp3) is 0.185. The third-order valence-corrected chi connectivity index (χ3v) is 5.80. The molecule has 7 nitrogen and oxygen atoms in total. The summed E-state index contributed by atoms with van der Waals surface area (Å²) in [6.07, 6.45) is 0. The Morgan fingerprint density at radius 2 is 1.35 bits per heavy atom. The van der Waals surface area contributed by atoms with Crippen LogP contribution in [0.25, 0.3) is 0 Å². The maximum absolute atomic E-state index is 12.8. The molecule has 7 heteroatoms. The first-order valence-electron chi connectivity index (χ1n) is 10.7. The lowest BCUT2D eigenvalue weighted by molar-refractivity contribution is -0.140. The predicted molar refractivity (Wildman–Crippen MR) is 126 cm³/mol. The van der Waals surface area contributed by atoms with Crippen molar-refractivity contribution in [1.29, 1.82) is 0 Å². The van der Waals surface area contributed by atoms with Crippen molar-refractivity contribution in [3.63, 3.8) is 0 Å². The molecular weight excluding hydrogens is 434 g/mol. The van der Waals surface area contributed by atoms with Crippen molar-refractivity contribution in [3.8, 4) is 0 Å². The van der Waals surface area contributed by atoms with E-state index in [9.17, 15) is 14.7 Å². The highest BCUT2D eigenvalue weighted by molar-refractivity contribution is 6.03. The summed E-state index contributed by atoms with van der Waals surface area (Å²) in [6, 6.07) is 25.7. The molecule has 0 atom stereocenters. The molecule has 0 aromatic heterocycles. The molecular formula is C27H25NO6. The van der Waals surface area contributed by atoms with Gasteiger partial charge in [0.15, 0.2) is 0 Å². The molecule has 0 unspecified atom stereocenters. The van der Waals surface area contributed by atoms with Crippen LogP contribution in [0.1, 0.15) is 16.7 Å². The van der Waals surface area contributed by atoms with Crippen LogP contribution < -0.4 is 4.90 Å². The molecule has 174 valence electrons. The monoisotopic (exact) mass is 459 g/mol. The molecule has 1 N–H and O–H groups in total. The van der Waals surface area contributed by atoms with Crippen molar-refractivity contribution >= 4 is 17.6 Å². The summed E-state index contributed by atoms with van der Waals surface area (Å²) in [7, 11) is 2.48. The van der Waals surface area contributed by atoms with E-state index < -0.39 is 17.5 Å². The molecule has 4 rings (SSSR count). The number of rotatable bonds is 6. The van der Waals surface area contributed by atoms with Crippen LogP contribution in [0.2, 0.25) is 0 Å². The zero-order valence-electron chi connectivity index (χ0n) is 18.9. The van der Waals surface area contributed by atoms with E-state index in [1.165, 1.54) is 19.1 Å². The van der Waals surface area contributed by atoms with Gasteiger partial charge in [0.05, 0.1) is 32.1 Å². The van der Waals surface area contributed by atoms with Crippen LogP contribution in [0.3, 0.4) is 0 Å². The summed E-state index contributed by atoms with van der Waals surface area (Å²) in [5.74, 6) is -1.40. The van der Waals surface area contributed by atoms with E-state index in [0.717, 1.165) is 0 Å². The van der Waals surface area contributed by atoms with Gasteiger partial charge >= 0.3 is 11.9 Å². The average Bonchev–Trinajstić information content (AvgIpc) is 2.92. The molecule has 1 aliphatic rings. The second-order valence-electron chi connectivity index (χ2n) is 7.68. The van der Waals surface area contributed by atoms with Crippen molar-refractivity contribution < 1.29 is 28.9 Å². The van der Waals surface area contributed by atoms with E-state index in [4.69, 9.17) is 14.2 Å². The number of hydrogen-bond acceptors (Lipinski definition) is 7. The summed E-state index contributed by atoms with van der Waals surface area (Å²) >= 11 is 0. The number of carbonyl (C=O) groups excluding carboxylic acids is 2. The van der Waals surface area contributed by atoms with Gasteiger partial charge in [-0.2, -0.15) is 0 Å². The Balaban J connectivity index is 1.98. The summed E-state index contributed by atoms with van der Waals surface area (Å²) in [5.41, 5.74) is 0.757. The second kappa shape index (κ2) is 9.91. The van der Waals surface area contributed by atoms with E-state index in [-0.39, 0.29) is 24.6 Å². The van der Waals surface area contributed by atoms with Crippen LogP contribution in [0.15, 0.2) is 96.2 Å². The predicted octanol–water partition coefficient (Wildman–Crippen LogP) is 3.37. The van der Waals surface area contributed by atoms with Crippen LogP contribution >= 0.6 is 0 Å². The number of aliphatic hydroxyl groups is 1. The highest BCUT2D eigenvalue weighted by atomic mass is 16.5. The zero-order chi connectivity index (χ0) is 24.1. The Bertz CT molecular complexity index is 1170. The van der Waals surface area contributed by atoms with Crippen LogP contribution in [-0.4, -0.2) is 44.6 Å². The van der Waals surface area contributed by atoms with Crippen LogP contribution in [-0.2, 0) is 29.4 Å². The van der Waals surface area contributed by atoms with Crippen molar-refractivity contribution in [3.05, 3.63) is 113 Å². The number of anilines is 1. The third kappa shape index (κ3) is 4.07. The highest BCUT2D eigenvalue weighted by Crippen LogP contribution is 2.42. The number of benzene rings is 3. The molecule has 3 aromatic carbocycles. The molecule has 34 heavy (non-hydrogen) atoms. The lowest BCUT2D eigenvalue weighted by Crippen LogP contribution is -2.41. The largest absolute Gasteiger partial charge is 0.466 e. The Morgan fingerprint density at radius 3 is 1.91 bits per heavy atom. The summed E-state index contributed by atoms with van der Waals surface area (Å²) in [4.78, 5) is 26.8. The number of nitrogens with zero attached hydrogens (tertiary/aromatic N) is 1. The van der Waals surface area contributed by atoms with E-state index in [1.54, 1.807) is 18.2 Å². The smallest absolute Gasteiger partial charge is 0.355 e. The van der Waals surface area contributed by atoms with Gasteiger partial charge in [0, 0.05) is 5.56 Å². The average molecular weight is 459 g/mol. The molecule has 0 saturated carbocycles. The maximum Gasteiger partial charge on any atom is 0.355 e. The van der Waals surface area contributed by atoms with Gasteiger partial charge in [0.1, 0.15) is 18.0 Å². The molecule has 0 spiro atoms. The summed E-state index contributed by atoms with van der Waals surface area (Å²) in [5, 5.41) is 12.3. The van der Waals surface area contributed by atoms with Crippen LogP contribution in [0, 0.1) is 0 Å². The molecule has 0 saturated heterocycles. The molecule has 0 radical (unpaired) electrons. The van der Waals surface area contributed by atoms with Gasteiger partial charge in [-0.15, -0.1) is 0 Å². The maximum atomic E-state index is 12.8. The van der Waals surface area contributed by atoms with Gasteiger partial charge in [-0.05, 0) is 17.2 Å². The number of carbonyl (C=O) groups is 2. The minimum atomic E-state index is -1.57. The number of esters is 2. The first kappa shape index (κ1) is 23.2. The Morgan fingerprint density at radius 1 is 0.824 bits per heavy atom. The lowest BCUT2D eigenvalue weighted by atomic mass is 9.79. The lowest BCUT2D eigenvalue weighted by Gasteiger charge is -2.37. The minimum absolute atomic E-state index is 0.0107. The van der Waals surface area contributed by atoms with Crippen LogP contribution in [0.5, 0.6) is 0 Å². The number of para-hydroxylation sites is 1. The minimum Gasteiger partial charge on any atom is -0.466 e. The van der Waals surface area contributed by atoms with E-state index in [2.05, 4.69) is 0 Å². The number of hydrogen-bond donors (Lipinski definition) is 1. The highest BCUT2D eigenvalue weighted by Gasteiger charge is 2.39. The van der Waals surface area contributed by atoms with Gasteiger partial charge in [0.2, 0.25) is 0 Å². The molecule has 1 aliphatic heterocycles. The fourth-order valence-corrected chi connectivity index (χ4v) is 4.19. The van der Waals surface area contributed by atoms with E-state index >= 15 is 0 Å². The molecule has 1 heterocycles. The molecule has 0 fully saturated rings. The molecule has 0 amide bonds. The zero-order valence-corrected chi connectivity index (χ0v) is 18.9. The molecule has 3 aromatic rings. The standard InChI is InChI=1S/C27H25NO6/c1-32-25(29)21-17-34-18-28(24(21)26(30)33-2)23-16-10-9-15-22(23)27(31,19-11-5-3-6-12-19)20-13-7-4-8-14-20/h3-16,31H,17-18H2,1-2H3. The van der Waals surface area contributed by atoms with Gasteiger partial charge in [-0.25, -0.2) is 9.59 Å². The van der Waals surface area contributed by atoms with Crippen molar-refractivity contribution in [2.45, 2.75) is 5.60 Å². The fourth-order valence-electron chi connectivity index (χ4n) is 4.19. The molecule has 0 bridgehead atoms. The summed E-state index contributed by atoms with van der Waals surface area (Å²) in [6.45, 7) is -0.126. The van der Waals surface area contributed by atoms with E-state index in [1.807, 2.05) is 66.7 Å². The second-order valence-corrected chi connectivity index (χ2v) is 7.68. The van der Waals surface area contributed by atoms with Crippen LogP contribution in [0.4, 0.5) is 5.69 Å². The number of ether oxygens (including phenoxy) is 3. The topological polar surface area (TPSA) is 85.3 Å². The summed E-state index contributed by atoms with van der Waals surface area (Å²) < 4.78 is 15.5. The van der Waals surface area contributed by atoms with Crippen molar-refractivity contribution in [2.24, 2.45) is 0 Å². The third-order valence-electron chi connectivity index (χ3n) is 5.80.